The first kappa shape index (κ1) is 16.6. The van der Waals surface area contributed by atoms with E-state index in [4.69, 9.17) is 0 Å². The number of likely N-dealkylation sites (N-methyl/N-ethyl adjacent to an activating group) is 1. The number of amides is 1. The first-order valence-electron chi connectivity index (χ1n) is 7.29. The number of nitrogens with zero attached hydrogens (tertiary/aromatic N) is 1. The lowest BCUT2D eigenvalue weighted by Gasteiger charge is -2.23. The molecule has 0 aliphatic heterocycles. The molecule has 0 heterocycles. The van der Waals surface area contributed by atoms with Gasteiger partial charge in [0.2, 0.25) is 5.91 Å². The van der Waals surface area contributed by atoms with Gasteiger partial charge in [0, 0.05) is 23.8 Å². The number of benzene rings is 2. The van der Waals surface area contributed by atoms with E-state index >= 15 is 0 Å². The SMILES string of the molecule is Cc1ccc(NC(C)C(=O)N(C)Cc2ccccc2)c(Br)c1. The summed E-state index contributed by atoms with van der Waals surface area (Å²) >= 11 is 3.53. The predicted octanol–water partition coefficient (Wildman–Crippen LogP) is 4.22. The summed E-state index contributed by atoms with van der Waals surface area (Å²) in [6.07, 6.45) is 0. The van der Waals surface area contributed by atoms with Crippen molar-refractivity contribution in [2.75, 3.05) is 12.4 Å². The number of aryl methyl sites for hydroxylation is 1. The Morgan fingerprint density at radius 1 is 1.23 bits per heavy atom. The Morgan fingerprint density at radius 3 is 2.55 bits per heavy atom. The van der Waals surface area contributed by atoms with E-state index in [1.54, 1.807) is 4.90 Å². The number of carbonyl (C=O) groups is 1. The van der Waals surface area contributed by atoms with Gasteiger partial charge in [0.05, 0.1) is 0 Å². The molecule has 0 radical (unpaired) electrons. The maximum Gasteiger partial charge on any atom is 0.244 e. The van der Waals surface area contributed by atoms with Crippen molar-refractivity contribution in [2.24, 2.45) is 0 Å². The standard InChI is InChI=1S/C18H21BrN2O/c1-13-9-10-17(16(19)11-13)20-14(2)18(22)21(3)12-15-7-5-4-6-8-15/h4-11,14,20H,12H2,1-3H3. The van der Waals surface area contributed by atoms with Gasteiger partial charge < -0.3 is 10.2 Å². The molecule has 2 aromatic carbocycles. The minimum absolute atomic E-state index is 0.0660. The van der Waals surface area contributed by atoms with E-state index < -0.39 is 0 Å². The van der Waals surface area contributed by atoms with Crippen LogP contribution in [0.5, 0.6) is 0 Å². The number of nitrogens with one attached hydrogen (secondary N) is 1. The predicted molar refractivity (Wildman–Crippen MR) is 94.9 cm³/mol. The average Bonchev–Trinajstić information content (AvgIpc) is 2.50. The van der Waals surface area contributed by atoms with Gasteiger partial charge in [-0.3, -0.25) is 4.79 Å². The van der Waals surface area contributed by atoms with Gasteiger partial charge in [0.1, 0.15) is 6.04 Å². The zero-order valence-electron chi connectivity index (χ0n) is 13.1. The summed E-state index contributed by atoms with van der Waals surface area (Å²) in [5.41, 5.74) is 3.24. The molecule has 0 fully saturated rings. The first-order valence-corrected chi connectivity index (χ1v) is 8.08. The highest BCUT2D eigenvalue weighted by Crippen LogP contribution is 2.24. The maximum absolute atomic E-state index is 12.5. The summed E-state index contributed by atoms with van der Waals surface area (Å²) in [6, 6.07) is 15.8. The van der Waals surface area contributed by atoms with Crippen LogP contribution in [0.25, 0.3) is 0 Å². The third kappa shape index (κ3) is 4.34. The number of rotatable bonds is 5. The molecule has 1 atom stereocenters. The highest BCUT2D eigenvalue weighted by Gasteiger charge is 2.18. The minimum atomic E-state index is -0.285. The Kier molecular flexibility index (Phi) is 5.61. The van der Waals surface area contributed by atoms with Crippen molar-refractivity contribution in [1.82, 2.24) is 4.90 Å². The lowest BCUT2D eigenvalue weighted by molar-refractivity contribution is -0.130. The summed E-state index contributed by atoms with van der Waals surface area (Å²) in [7, 11) is 1.83. The summed E-state index contributed by atoms with van der Waals surface area (Å²) in [4.78, 5) is 14.2. The van der Waals surface area contributed by atoms with Crippen molar-refractivity contribution in [2.45, 2.75) is 26.4 Å². The van der Waals surface area contributed by atoms with Gasteiger partial charge in [-0.1, -0.05) is 36.4 Å². The Hall–Kier alpha value is -1.81. The molecule has 4 heteroatoms. The molecule has 0 bridgehead atoms. The monoisotopic (exact) mass is 360 g/mol. The molecule has 0 saturated carbocycles. The van der Waals surface area contributed by atoms with Gasteiger partial charge in [-0.05, 0) is 53.0 Å². The van der Waals surface area contributed by atoms with E-state index in [2.05, 4.69) is 21.2 Å². The molecule has 116 valence electrons. The molecule has 2 rings (SSSR count). The van der Waals surface area contributed by atoms with Crippen molar-refractivity contribution in [3.8, 4) is 0 Å². The smallest absolute Gasteiger partial charge is 0.244 e. The lowest BCUT2D eigenvalue weighted by Crippen LogP contribution is -2.38. The Balaban J connectivity index is 1.99. The molecular weight excluding hydrogens is 340 g/mol. The Morgan fingerprint density at radius 2 is 1.91 bits per heavy atom. The number of anilines is 1. The van der Waals surface area contributed by atoms with Crippen LogP contribution >= 0.6 is 15.9 Å². The van der Waals surface area contributed by atoms with Crippen LogP contribution in [0.2, 0.25) is 0 Å². The molecule has 2 aromatic rings. The fraction of sp³-hybridized carbons (Fsp3) is 0.278. The third-order valence-corrected chi connectivity index (χ3v) is 4.16. The highest BCUT2D eigenvalue weighted by molar-refractivity contribution is 9.10. The van der Waals surface area contributed by atoms with Gasteiger partial charge in [0.25, 0.3) is 0 Å². The molecule has 0 aliphatic carbocycles. The zero-order chi connectivity index (χ0) is 16.1. The molecule has 3 nitrogen and oxygen atoms in total. The van der Waals surface area contributed by atoms with E-state index in [0.29, 0.717) is 6.54 Å². The maximum atomic E-state index is 12.5. The summed E-state index contributed by atoms with van der Waals surface area (Å²) < 4.78 is 0.970. The normalized spacial score (nSPS) is 11.8. The number of halogens is 1. The van der Waals surface area contributed by atoms with E-state index in [-0.39, 0.29) is 11.9 Å². The molecular formula is C18H21BrN2O. The Bertz CT molecular complexity index is 643. The second-order valence-electron chi connectivity index (χ2n) is 5.53. The molecule has 1 amide bonds. The van der Waals surface area contributed by atoms with Gasteiger partial charge in [0.15, 0.2) is 0 Å². The van der Waals surface area contributed by atoms with Crippen LogP contribution in [0, 0.1) is 6.92 Å². The molecule has 0 aliphatic rings. The molecule has 22 heavy (non-hydrogen) atoms. The van der Waals surface area contributed by atoms with Gasteiger partial charge in [-0.15, -0.1) is 0 Å². The fourth-order valence-corrected chi connectivity index (χ4v) is 2.91. The molecule has 1 N–H and O–H groups in total. The van der Waals surface area contributed by atoms with Gasteiger partial charge in [-0.25, -0.2) is 0 Å². The van der Waals surface area contributed by atoms with E-state index in [9.17, 15) is 4.79 Å². The molecule has 0 saturated heterocycles. The molecule has 0 aromatic heterocycles. The van der Waals surface area contributed by atoms with Crippen molar-refractivity contribution < 1.29 is 4.79 Å². The quantitative estimate of drug-likeness (QED) is 0.865. The van der Waals surface area contributed by atoms with E-state index in [1.165, 1.54) is 5.56 Å². The highest BCUT2D eigenvalue weighted by atomic mass is 79.9. The number of hydrogen-bond donors (Lipinski definition) is 1. The second-order valence-corrected chi connectivity index (χ2v) is 6.38. The van der Waals surface area contributed by atoms with Crippen LogP contribution in [0.1, 0.15) is 18.1 Å². The van der Waals surface area contributed by atoms with Gasteiger partial charge >= 0.3 is 0 Å². The van der Waals surface area contributed by atoms with Crippen molar-refractivity contribution in [3.63, 3.8) is 0 Å². The van der Waals surface area contributed by atoms with Crippen molar-refractivity contribution >= 4 is 27.5 Å². The van der Waals surface area contributed by atoms with Crippen molar-refractivity contribution in [3.05, 3.63) is 64.1 Å². The lowest BCUT2D eigenvalue weighted by atomic mass is 10.2. The van der Waals surface area contributed by atoms with Crippen LogP contribution in [0.4, 0.5) is 5.69 Å². The van der Waals surface area contributed by atoms with Gasteiger partial charge in [-0.2, -0.15) is 0 Å². The van der Waals surface area contributed by atoms with Crippen LogP contribution in [0.3, 0.4) is 0 Å². The minimum Gasteiger partial charge on any atom is -0.373 e. The molecule has 0 spiro atoms. The second kappa shape index (κ2) is 7.45. The van der Waals surface area contributed by atoms with E-state index in [1.807, 2.05) is 69.4 Å². The number of hydrogen-bond acceptors (Lipinski definition) is 2. The van der Waals surface area contributed by atoms with Crippen LogP contribution < -0.4 is 5.32 Å². The zero-order valence-corrected chi connectivity index (χ0v) is 14.7. The number of carbonyl (C=O) groups excluding carboxylic acids is 1. The fourth-order valence-electron chi connectivity index (χ4n) is 2.30. The van der Waals surface area contributed by atoms with Crippen molar-refractivity contribution in [1.29, 1.82) is 0 Å². The largest absolute Gasteiger partial charge is 0.373 e. The average molecular weight is 361 g/mol. The first-order chi connectivity index (χ1) is 10.5. The summed E-state index contributed by atoms with van der Waals surface area (Å²) in [5, 5.41) is 3.27. The van der Waals surface area contributed by atoms with E-state index in [0.717, 1.165) is 15.7 Å². The molecule has 1 unspecified atom stereocenters. The summed E-state index contributed by atoms with van der Waals surface area (Å²) in [5.74, 6) is 0.0660. The Labute approximate surface area is 140 Å². The third-order valence-electron chi connectivity index (χ3n) is 3.51. The topological polar surface area (TPSA) is 32.3 Å². The van der Waals surface area contributed by atoms with Crippen LogP contribution in [-0.2, 0) is 11.3 Å². The van der Waals surface area contributed by atoms with Crippen LogP contribution in [0.15, 0.2) is 53.0 Å². The van der Waals surface area contributed by atoms with Crippen LogP contribution in [-0.4, -0.2) is 23.9 Å². The summed E-state index contributed by atoms with van der Waals surface area (Å²) in [6.45, 7) is 4.54.